The van der Waals surface area contributed by atoms with Gasteiger partial charge in [-0.05, 0) is 26.0 Å². The number of rotatable bonds is 6. The summed E-state index contributed by atoms with van der Waals surface area (Å²) < 4.78 is 0.344. The minimum Gasteiger partial charge on any atom is -0.370 e. The number of nitrogens with one attached hydrogen (secondary N) is 2. The summed E-state index contributed by atoms with van der Waals surface area (Å²) in [6.45, 7) is 3.80. The second kappa shape index (κ2) is 7.02. The van der Waals surface area contributed by atoms with Gasteiger partial charge in [-0.1, -0.05) is 19.3 Å². The lowest BCUT2D eigenvalue weighted by atomic mass is 9.88. The van der Waals surface area contributed by atoms with Gasteiger partial charge in [0.15, 0.2) is 0 Å². The summed E-state index contributed by atoms with van der Waals surface area (Å²) in [4.78, 5) is 8.44. The first-order chi connectivity index (χ1) is 9.67. The first kappa shape index (κ1) is 15.2. The fourth-order valence-electron chi connectivity index (χ4n) is 2.73. The fraction of sp³-hybridized carbons (Fsp3) is 0.714. The molecule has 0 saturated heterocycles. The van der Waals surface area contributed by atoms with Crippen LogP contribution in [0.3, 0.4) is 0 Å². The summed E-state index contributed by atoms with van der Waals surface area (Å²) in [5.41, 5.74) is 5.76. The Balaban J connectivity index is 2.02. The zero-order chi connectivity index (χ0) is 14.4. The normalized spacial score (nSPS) is 17.7. The van der Waals surface area contributed by atoms with E-state index >= 15 is 0 Å². The molecule has 0 aromatic carbocycles. The molecule has 0 unspecified atom stereocenters. The van der Waals surface area contributed by atoms with Crippen molar-refractivity contribution in [3.8, 4) is 0 Å². The van der Waals surface area contributed by atoms with Gasteiger partial charge in [0.05, 0.1) is 0 Å². The van der Waals surface area contributed by atoms with E-state index in [2.05, 4.69) is 26.9 Å². The van der Waals surface area contributed by atoms with E-state index in [0.717, 1.165) is 24.7 Å². The highest BCUT2D eigenvalue weighted by Crippen LogP contribution is 2.38. The second-order valence-corrected chi connectivity index (χ2v) is 6.60. The molecule has 1 aromatic rings. The highest BCUT2D eigenvalue weighted by Gasteiger charge is 2.30. The van der Waals surface area contributed by atoms with E-state index in [-0.39, 0.29) is 0 Å². The SMILES string of the molecule is CCNc1cc(NCC2(SC)CCCCC2)nc(N)n1. The Morgan fingerprint density at radius 2 is 1.85 bits per heavy atom. The average Bonchev–Trinajstić information content (AvgIpc) is 2.46. The smallest absolute Gasteiger partial charge is 0.223 e. The molecule has 2 rings (SSSR count). The van der Waals surface area contributed by atoms with Crippen LogP contribution in [0, 0.1) is 0 Å². The molecule has 6 heteroatoms. The van der Waals surface area contributed by atoms with E-state index in [9.17, 15) is 0 Å². The molecule has 0 atom stereocenters. The van der Waals surface area contributed by atoms with Crippen LogP contribution in [0.15, 0.2) is 6.07 Å². The van der Waals surface area contributed by atoms with Gasteiger partial charge in [0, 0.05) is 23.9 Å². The summed E-state index contributed by atoms with van der Waals surface area (Å²) in [7, 11) is 0. The van der Waals surface area contributed by atoms with Crippen LogP contribution in [-0.4, -0.2) is 34.1 Å². The van der Waals surface area contributed by atoms with E-state index in [1.54, 1.807) is 0 Å². The van der Waals surface area contributed by atoms with Gasteiger partial charge in [0.2, 0.25) is 5.95 Å². The molecule has 0 radical (unpaired) electrons. The van der Waals surface area contributed by atoms with Crippen molar-refractivity contribution in [3.63, 3.8) is 0 Å². The quantitative estimate of drug-likeness (QED) is 0.749. The van der Waals surface area contributed by atoms with Gasteiger partial charge in [-0.25, -0.2) is 0 Å². The Kier molecular flexibility index (Phi) is 5.34. The predicted octanol–water partition coefficient (Wildman–Crippen LogP) is 2.97. The zero-order valence-corrected chi connectivity index (χ0v) is 13.2. The van der Waals surface area contributed by atoms with Crippen molar-refractivity contribution in [1.82, 2.24) is 9.97 Å². The van der Waals surface area contributed by atoms with E-state index in [1.165, 1.54) is 32.1 Å². The lowest BCUT2D eigenvalue weighted by molar-refractivity contribution is 0.411. The average molecular weight is 295 g/mol. The molecule has 0 aliphatic heterocycles. The standard InChI is InChI=1S/C14H25N5S/c1-3-16-11-9-12(19-13(15)18-11)17-10-14(20-2)7-5-4-6-8-14/h9H,3-8,10H2,1-2H3,(H4,15,16,17,18,19). The van der Waals surface area contributed by atoms with Crippen molar-refractivity contribution < 1.29 is 0 Å². The first-order valence-corrected chi connectivity index (χ1v) is 8.57. The molecule has 20 heavy (non-hydrogen) atoms. The molecule has 1 fully saturated rings. The molecule has 4 N–H and O–H groups in total. The van der Waals surface area contributed by atoms with Gasteiger partial charge in [-0.3, -0.25) is 0 Å². The number of hydrogen-bond donors (Lipinski definition) is 3. The number of nitrogens with two attached hydrogens (primary N) is 1. The predicted molar refractivity (Wildman–Crippen MR) is 88.4 cm³/mol. The zero-order valence-electron chi connectivity index (χ0n) is 12.4. The number of anilines is 3. The van der Waals surface area contributed by atoms with E-state index in [4.69, 9.17) is 5.73 Å². The van der Waals surface area contributed by atoms with Crippen LogP contribution >= 0.6 is 11.8 Å². The maximum absolute atomic E-state index is 5.76. The molecule has 0 amide bonds. The topological polar surface area (TPSA) is 75.9 Å². The maximum Gasteiger partial charge on any atom is 0.223 e. The van der Waals surface area contributed by atoms with Gasteiger partial charge >= 0.3 is 0 Å². The van der Waals surface area contributed by atoms with Crippen molar-refractivity contribution in [2.45, 2.75) is 43.8 Å². The number of aromatic nitrogens is 2. The van der Waals surface area contributed by atoms with Crippen LogP contribution in [0.2, 0.25) is 0 Å². The van der Waals surface area contributed by atoms with E-state index in [0.29, 0.717) is 10.7 Å². The van der Waals surface area contributed by atoms with Gasteiger partial charge in [0.25, 0.3) is 0 Å². The molecule has 5 nitrogen and oxygen atoms in total. The molecule has 0 bridgehead atoms. The minimum atomic E-state index is 0.313. The second-order valence-electron chi connectivity index (χ2n) is 5.33. The number of thioether (sulfide) groups is 1. The molecule has 1 heterocycles. The van der Waals surface area contributed by atoms with Crippen LogP contribution in [0.4, 0.5) is 17.6 Å². The monoisotopic (exact) mass is 295 g/mol. The van der Waals surface area contributed by atoms with Crippen molar-refractivity contribution in [3.05, 3.63) is 6.07 Å². The molecule has 1 aliphatic carbocycles. The Bertz CT molecular complexity index is 432. The van der Waals surface area contributed by atoms with Gasteiger partial charge < -0.3 is 16.4 Å². The minimum absolute atomic E-state index is 0.313. The summed E-state index contributed by atoms with van der Waals surface area (Å²) in [5, 5.41) is 6.63. The van der Waals surface area contributed by atoms with Crippen molar-refractivity contribution in [1.29, 1.82) is 0 Å². The third-order valence-corrected chi connectivity index (χ3v) is 5.31. The molecule has 0 spiro atoms. The maximum atomic E-state index is 5.76. The van der Waals surface area contributed by atoms with E-state index in [1.807, 2.05) is 24.8 Å². The molecular weight excluding hydrogens is 270 g/mol. The van der Waals surface area contributed by atoms with Crippen LogP contribution in [0.25, 0.3) is 0 Å². The number of nitrogens with zero attached hydrogens (tertiary/aromatic N) is 2. The fourth-order valence-corrected chi connectivity index (χ4v) is 3.64. The van der Waals surface area contributed by atoms with Crippen LogP contribution < -0.4 is 16.4 Å². The highest BCUT2D eigenvalue weighted by atomic mass is 32.2. The largest absolute Gasteiger partial charge is 0.370 e. The van der Waals surface area contributed by atoms with Crippen LogP contribution in [-0.2, 0) is 0 Å². The highest BCUT2D eigenvalue weighted by molar-refractivity contribution is 8.00. The Morgan fingerprint density at radius 1 is 1.20 bits per heavy atom. The molecule has 1 aliphatic rings. The van der Waals surface area contributed by atoms with Crippen LogP contribution in [0.1, 0.15) is 39.0 Å². The molecule has 1 aromatic heterocycles. The first-order valence-electron chi connectivity index (χ1n) is 7.35. The lowest BCUT2D eigenvalue weighted by Gasteiger charge is -2.36. The Morgan fingerprint density at radius 3 is 2.45 bits per heavy atom. The summed E-state index contributed by atoms with van der Waals surface area (Å²) in [6.07, 6.45) is 8.80. The summed E-state index contributed by atoms with van der Waals surface area (Å²) in [5.74, 6) is 1.91. The molecule has 1 saturated carbocycles. The number of nitrogen functional groups attached to an aromatic ring is 1. The summed E-state index contributed by atoms with van der Waals surface area (Å²) >= 11 is 1.98. The molecule has 112 valence electrons. The van der Waals surface area contributed by atoms with Crippen LogP contribution in [0.5, 0.6) is 0 Å². The van der Waals surface area contributed by atoms with Gasteiger partial charge in [-0.2, -0.15) is 21.7 Å². The van der Waals surface area contributed by atoms with Crippen molar-refractivity contribution in [2.24, 2.45) is 0 Å². The van der Waals surface area contributed by atoms with Gasteiger partial charge in [-0.15, -0.1) is 0 Å². The lowest BCUT2D eigenvalue weighted by Crippen LogP contribution is -2.35. The Hall–Kier alpha value is -1.17. The third-order valence-electron chi connectivity index (χ3n) is 3.89. The Labute approximate surface area is 125 Å². The third kappa shape index (κ3) is 3.91. The summed E-state index contributed by atoms with van der Waals surface area (Å²) in [6, 6.07) is 1.93. The molecular formula is C14H25N5S. The number of hydrogen-bond acceptors (Lipinski definition) is 6. The van der Waals surface area contributed by atoms with E-state index < -0.39 is 0 Å². The van der Waals surface area contributed by atoms with Crippen molar-refractivity contribution >= 4 is 29.3 Å². The van der Waals surface area contributed by atoms with Gasteiger partial charge in [0.1, 0.15) is 11.6 Å². The van der Waals surface area contributed by atoms with Crippen molar-refractivity contribution in [2.75, 3.05) is 35.7 Å².